The Morgan fingerprint density at radius 1 is 1.44 bits per heavy atom. The second kappa shape index (κ2) is 6.56. The number of aryl methyl sites for hydroxylation is 1. The molecule has 0 fully saturated rings. The third kappa shape index (κ3) is 5.19. The molecule has 1 atom stereocenters. The van der Waals surface area contributed by atoms with Crippen LogP contribution in [0.25, 0.3) is 0 Å². The first-order valence-electron chi connectivity index (χ1n) is 5.42. The van der Waals surface area contributed by atoms with Crippen LogP contribution in [0.1, 0.15) is 18.9 Å². The molecule has 3 heteroatoms. The van der Waals surface area contributed by atoms with Crippen LogP contribution in [-0.4, -0.2) is 17.7 Å². The highest BCUT2D eigenvalue weighted by molar-refractivity contribution is 6.29. The van der Waals surface area contributed by atoms with Crippen LogP contribution >= 0.6 is 11.6 Å². The Bertz CT molecular complexity index is 334. The van der Waals surface area contributed by atoms with Crippen LogP contribution in [0.5, 0.6) is 5.75 Å². The number of nitrogens with one attached hydrogen (secondary N) is 1. The summed E-state index contributed by atoms with van der Waals surface area (Å²) in [5.74, 6) is 0.313. The maximum absolute atomic E-state index is 9.14. The summed E-state index contributed by atoms with van der Waals surface area (Å²) >= 11 is 5.67. The van der Waals surface area contributed by atoms with Crippen molar-refractivity contribution >= 4 is 11.6 Å². The predicted molar refractivity (Wildman–Crippen MR) is 68.9 cm³/mol. The molecule has 1 aromatic rings. The van der Waals surface area contributed by atoms with Gasteiger partial charge in [-0.05, 0) is 37.5 Å². The Hall–Kier alpha value is -0.990. The molecule has 0 aliphatic carbocycles. The van der Waals surface area contributed by atoms with E-state index in [2.05, 4.69) is 18.8 Å². The summed E-state index contributed by atoms with van der Waals surface area (Å²) < 4.78 is 0. The summed E-state index contributed by atoms with van der Waals surface area (Å²) in [5.41, 5.74) is 1.23. The van der Waals surface area contributed by atoms with E-state index in [9.17, 15) is 0 Å². The Morgan fingerprint density at radius 2 is 2.06 bits per heavy atom. The van der Waals surface area contributed by atoms with Crippen molar-refractivity contribution in [2.45, 2.75) is 25.8 Å². The van der Waals surface area contributed by atoms with Crippen molar-refractivity contribution < 1.29 is 5.11 Å². The summed E-state index contributed by atoms with van der Waals surface area (Å²) in [6.07, 6.45) is 2.03. The van der Waals surface area contributed by atoms with Crippen molar-refractivity contribution in [3.8, 4) is 5.75 Å². The number of rotatable bonds is 6. The first-order valence-corrected chi connectivity index (χ1v) is 5.80. The maximum Gasteiger partial charge on any atom is 0.115 e. The molecule has 0 aromatic heterocycles. The summed E-state index contributed by atoms with van der Waals surface area (Å²) in [7, 11) is 0. The van der Waals surface area contributed by atoms with Crippen molar-refractivity contribution in [3.63, 3.8) is 0 Å². The number of phenols is 1. The van der Waals surface area contributed by atoms with Crippen LogP contribution in [0, 0.1) is 0 Å². The first kappa shape index (κ1) is 13.1. The molecular weight excluding hydrogens is 222 g/mol. The van der Waals surface area contributed by atoms with E-state index in [-0.39, 0.29) is 0 Å². The molecule has 0 saturated heterocycles. The van der Waals surface area contributed by atoms with Gasteiger partial charge in [0.05, 0.1) is 0 Å². The lowest BCUT2D eigenvalue weighted by Crippen LogP contribution is -2.27. The standard InChI is InChI=1S/C13H18ClNO/c1-10(14)9-15-11(2)3-4-12-5-7-13(16)8-6-12/h5-8,11,15-16H,1,3-4,9H2,2H3. The fourth-order valence-electron chi connectivity index (χ4n) is 1.43. The second-order valence-electron chi connectivity index (χ2n) is 4.00. The number of halogens is 1. The summed E-state index contributed by atoms with van der Waals surface area (Å²) in [6, 6.07) is 7.73. The Morgan fingerprint density at radius 3 is 2.62 bits per heavy atom. The highest BCUT2D eigenvalue weighted by atomic mass is 35.5. The molecule has 16 heavy (non-hydrogen) atoms. The van der Waals surface area contributed by atoms with Gasteiger partial charge in [0.1, 0.15) is 5.75 Å². The largest absolute Gasteiger partial charge is 0.508 e. The lowest BCUT2D eigenvalue weighted by atomic mass is 10.1. The molecule has 0 aliphatic rings. The number of aromatic hydroxyl groups is 1. The molecule has 0 spiro atoms. The van der Waals surface area contributed by atoms with Crippen molar-refractivity contribution in [1.82, 2.24) is 5.32 Å². The fourth-order valence-corrected chi connectivity index (χ4v) is 1.51. The van der Waals surface area contributed by atoms with Gasteiger partial charge in [0.25, 0.3) is 0 Å². The normalized spacial score (nSPS) is 12.4. The zero-order valence-corrected chi connectivity index (χ0v) is 10.3. The lowest BCUT2D eigenvalue weighted by molar-refractivity contribution is 0.475. The van der Waals surface area contributed by atoms with Gasteiger partial charge >= 0.3 is 0 Å². The lowest BCUT2D eigenvalue weighted by Gasteiger charge is -2.13. The molecule has 2 nitrogen and oxygen atoms in total. The van der Waals surface area contributed by atoms with Crippen molar-refractivity contribution in [2.24, 2.45) is 0 Å². The molecule has 0 aliphatic heterocycles. The molecule has 0 saturated carbocycles. The quantitative estimate of drug-likeness (QED) is 0.800. The van der Waals surface area contributed by atoms with Gasteiger partial charge in [-0.1, -0.05) is 30.3 Å². The average molecular weight is 240 g/mol. The second-order valence-corrected chi connectivity index (χ2v) is 4.54. The molecule has 0 radical (unpaired) electrons. The van der Waals surface area contributed by atoms with E-state index >= 15 is 0 Å². The van der Waals surface area contributed by atoms with E-state index in [1.807, 2.05) is 12.1 Å². The zero-order valence-electron chi connectivity index (χ0n) is 9.54. The summed E-state index contributed by atoms with van der Waals surface area (Å²) in [6.45, 7) is 6.41. The molecule has 2 N–H and O–H groups in total. The highest BCUT2D eigenvalue weighted by Crippen LogP contribution is 2.11. The van der Waals surface area contributed by atoms with Gasteiger partial charge in [-0.15, -0.1) is 0 Å². The van der Waals surface area contributed by atoms with Gasteiger partial charge in [0.2, 0.25) is 0 Å². The maximum atomic E-state index is 9.14. The molecular formula is C13H18ClNO. The van der Waals surface area contributed by atoms with E-state index in [0.29, 0.717) is 23.4 Å². The molecule has 1 unspecified atom stereocenters. The van der Waals surface area contributed by atoms with Crippen LogP contribution in [0.15, 0.2) is 35.9 Å². The van der Waals surface area contributed by atoms with Gasteiger partial charge < -0.3 is 10.4 Å². The minimum atomic E-state index is 0.313. The summed E-state index contributed by atoms with van der Waals surface area (Å²) in [4.78, 5) is 0. The van der Waals surface area contributed by atoms with Crippen molar-refractivity contribution in [3.05, 3.63) is 41.4 Å². The minimum Gasteiger partial charge on any atom is -0.508 e. The van der Waals surface area contributed by atoms with Crippen LogP contribution < -0.4 is 5.32 Å². The van der Waals surface area contributed by atoms with Crippen LogP contribution in [0.4, 0.5) is 0 Å². The van der Waals surface area contributed by atoms with E-state index in [4.69, 9.17) is 16.7 Å². The average Bonchev–Trinajstić information content (AvgIpc) is 2.25. The Kier molecular flexibility index (Phi) is 5.36. The topological polar surface area (TPSA) is 32.3 Å². The van der Waals surface area contributed by atoms with Crippen molar-refractivity contribution in [1.29, 1.82) is 0 Å². The smallest absolute Gasteiger partial charge is 0.115 e. The van der Waals surface area contributed by atoms with Crippen LogP contribution in [0.2, 0.25) is 0 Å². The molecule has 0 amide bonds. The Labute approximate surface area is 102 Å². The van der Waals surface area contributed by atoms with Gasteiger partial charge in [-0.2, -0.15) is 0 Å². The van der Waals surface area contributed by atoms with E-state index < -0.39 is 0 Å². The van der Waals surface area contributed by atoms with Crippen molar-refractivity contribution in [2.75, 3.05) is 6.54 Å². The first-order chi connectivity index (χ1) is 7.58. The van der Waals surface area contributed by atoms with Crippen LogP contribution in [-0.2, 0) is 6.42 Å². The molecule has 1 rings (SSSR count). The Balaban J connectivity index is 2.28. The number of benzene rings is 1. The molecule has 1 aromatic carbocycles. The van der Waals surface area contributed by atoms with E-state index in [0.717, 1.165) is 12.8 Å². The third-order valence-corrected chi connectivity index (χ3v) is 2.58. The predicted octanol–water partition coefficient (Wildman–Crippen LogP) is 3.06. The molecule has 0 bridgehead atoms. The minimum absolute atomic E-state index is 0.313. The van der Waals surface area contributed by atoms with Crippen LogP contribution in [0.3, 0.4) is 0 Å². The van der Waals surface area contributed by atoms with E-state index in [1.165, 1.54) is 5.56 Å². The highest BCUT2D eigenvalue weighted by Gasteiger charge is 2.02. The molecule has 0 heterocycles. The third-order valence-electron chi connectivity index (χ3n) is 2.44. The van der Waals surface area contributed by atoms with Gasteiger partial charge in [0, 0.05) is 17.6 Å². The van der Waals surface area contributed by atoms with Gasteiger partial charge in [-0.25, -0.2) is 0 Å². The zero-order chi connectivity index (χ0) is 12.0. The summed E-state index contributed by atoms with van der Waals surface area (Å²) in [5, 5.41) is 13.1. The van der Waals surface area contributed by atoms with Gasteiger partial charge in [0.15, 0.2) is 0 Å². The number of hydrogen-bond donors (Lipinski definition) is 2. The van der Waals surface area contributed by atoms with Gasteiger partial charge in [-0.3, -0.25) is 0 Å². The SMILES string of the molecule is C=C(Cl)CNC(C)CCc1ccc(O)cc1. The monoisotopic (exact) mass is 239 g/mol. The molecule has 88 valence electrons. The number of hydrogen-bond acceptors (Lipinski definition) is 2. The fraction of sp³-hybridized carbons (Fsp3) is 0.385. The number of phenolic OH excluding ortho intramolecular Hbond substituents is 1. The van der Waals surface area contributed by atoms with E-state index in [1.54, 1.807) is 12.1 Å².